The molecule has 0 amide bonds. The molecule has 3 atom stereocenters. The summed E-state index contributed by atoms with van der Waals surface area (Å²) < 4.78 is 17.1. The first kappa shape index (κ1) is 12.7. The van der Waals surface area contributed by atoms with Crippen LogP contribution in [0.25, 0.3) is 0 Å². The second-order valence-electron chi connectivity index (χ2n) is 4.17. The summed E-state index contributed by atoms with van der Waals surface area (Å²) in [6.45, 7) is 5.69. The maximum absolute atomic E-state index is 11.7. The van der Waals surface area contributed by atoms with E-state index in [1.54, 1.807) is 0 Å². The SMILES string of the molecule is CCCP(=O)(O)OC1(C)C=CC=CC1C. The van der Waals surface area contributed by atoms with Crippen LogP contribution in [0.3, 0.4) is 0 Å². The van der Waals surface area contributed by atoms with E-state index in [2.05, 4.69) is 0 Å². The first-order valence-electron chi connectivity index (χ1n) is 5.28. The zero-order valence-corrected chi connectivity index (χ0v) is 10.4. The van der Waals surface area contributed by atoms with Gasteiger partial charge in [-0.15, -0.1) is 0 Å². The molecule has 0 aromatic carbocycles. The van der Waals surface area contributed by atoms with Crippen molar-refractivity contribution >= 4 is 7.60 Å². The minimum Gasteiger partial charge on any atom is -0.324 e. The van der Waals surface area contributed by atoms with Crippen molar-refractivity contribution in [2.45, 2.75) is 32.8 Å². The van der Waals surface area contributed by atoms with Gasteiger partial charge in [-0.3, -0.25) is 9.09 Å². The third-order valence-corrected chi connectivity index (χ3v) is 4.38. The van der Waals surface area contributed by atoms with Crippen LogP contribution in [0.5, 0.6) is 0 Å². The van der Waals surface area contributed by atoms with Crippen LogP contribution in [-0.2, 0) is 9.09 Å². The van der Waals surface area contributed by atoms with Gasteiger partial charge in [0.05, 0.1) is 5.60 Å². The average Bonchev–Trinajstić information content (AvgIpc) is 2.09. The molecule has 0 saturated heterocycles. The number of hydrogen-bond acceptors (Lipinski definition) is 2. The molecule has 86 valence electrons. The Morgan fingerprint density at radius 2 is 2.20 bits per heavy atom. The predicted octanol–water partition coefficient (Wildman–Crippen LogP) is 3.12. The van der Waals surface area contributed by atoms with E-state index in [9.17, 15) is 9.46 Å². The van der Waals surface area contributed by atoms with Crippen LogP contribution in [0, 0.1) is 5.92 Å². The minimum atomic E-state index is -3.45. The maximum atomic E-state index is 11.7. The van der Waals surface area contributed by atoms with Crippen LogP contribution in [0.1, 0.15) is 27.2 Å². The van der Waals surface area contributed by atoms with E-state index in [1.165, 1.54) is 0 Å². The molecule has 3 unspecified atom stereocenters. The van der Waals surface area contributed by atoms with Crippen molar-refractivity contribution in [2.24, 2.45) is 5.92 Å². The zero-order chi connectivity index (χ0) is 11.5. The molecule has 15 heavy (non-hydrogen) atoms. The van der Waals surface area contributed by atoms with Crippen LogP contribution in [0.4, 0.5) is 0 Å². The molecule has 0 spiro atoms. The summed E-state index contributed by atoms with van der Waals surface area (Å²) in [7, 11) is -3.45. The van der Waals surface area contributed by atoms with Gasteiger partial charge in [-0.2, -0.15) is 0 Å². The highest BCUT2D eigenvalue weighted by Gasteiger charge is 2.36. The number of hydrogen-bond donors (Lipinski definition) is 1. The highest BCUT2D eigenvalue weighted by atomic mass is 31.2. The molecular weight excluding hydrogens is 211 g/mol. The smallest absolute Gasteiger partial charge is 0.324 e. The van der Waals surface area contributed by atoms with E-state index in [4.69, 9.17) is 4.52 Å². The van der Waals surface area contributed by atoms with Gasteiger partial charge in [-0.05, 0) is 13.3 Å². The molecule has 1 rings (SSSR count). The fourth-order valence-corrected chi connectivity index (χ4v) is 3.07. The third kappa shape index (κ3) is 3.30. The molecule has 4 heteroatoms. The van der Waals surface area contributed by atoms with Crippen LogP contribution in [-0.4, -0.2) is 16.7 Å². The van der Waals surface area contributed by atoms with Crippen molar-refractivity contribution in [2.75, 3.05) is 6.16 Å². The summed E-state index contributed by atoms with van der Waals surface area (Å²) in [5.41, 5.74) is -0.659. The van der Waals surface area contributed by atoms with Gasteiger partial charge in [0.25, 0.3) is 0 Å². The largest absolute Gasteiger partial charge is 0.328 e. The van der Waals surface area contributed by atoms with Gasteiger partial charge in [0, 0.05) is 12.1 Å². The molecule has 0 aromatic rings. The molecule has 1 aliphatic rings. The molecule has 0 radical (unpaired) electrons. The number of rotatable bonds is 4. The monoisotopic (exact) mass is 230 g/mol. The van der Waals surface area contributed by atoms with Gasteiger partial charge in [-0.1, -0.05) is 38.2 Å². The van der Waals surface area contributed by atoms with E-state index < -0.39 is 13.2 Å². The fraction of sp³-hybridized carbons (Fsp3) is 0.636. The van der Waals surface area contributed by atoms with Crippen molar-refractivity contribution in [3.05, 3.63) is 24.3 Å². The first-order valence-corrected chi connectivity index (χ1v) is 7.04. The highest BCUT2D eigenvalue weighted by Crippen LogP contribution is 2.49. The molecule has 3 nitrogen and oxygen atoms in total. The topological polar surface area (TPSA) is 46.5 Å². The third-order valence-electron chi connectivity index (χ3n) is 2.69. The minimum absolute atomic E-state index is 0.111. The summed E-state index contributed by atoms with van der Waals surface area (Å²) in [5, 5.41) is 0. The molecule has 1 aliphatic carbocycles. The lowest BCUT2D eigenvalue weighted by atomic mass is 9.87. The Morgan fingerprint density at radius 1 is 1.53 bits per heavy atom. The lowest BCUT2D eigenvalue weighted by molar-refractivity contribution is 0.0850. The number of allylic oxidation sites excluding steroid dienone is 2. The Bertz CT molecular complexity index is 322. The molecule has 0 heterocycles. The van der Waals surface area contributed by atoms with Crippen molar-refractivity contribution in [1.29, 1.82) is 0 Å². The molecular formula is C11H19O3P. The van der Waals surface area contributed by atoms with Gasteiger partial charge in [-0.25, -0.2) is 0 Å². The summed E-state index contributed by atoms with van der Waals surface area (Å²) in [6, 6.07) is 0. The molecule has 0 aromatic heterocycles. The van der Waals surface area contributed by atoms with Gasteiger partial charge < -0.3 is 4.89 Å². The lowest BCUT2D eigenvalue weighted by Gasteiger charge is -2.34. The average molecular weight is 230 g/mol. The van der Waals surface area contributed by atoms with Crippen LogP contribution >= 0.6 is 7.60 Å². The lowest BCUT2D eigenvalue weighted by Crippen LogP contribution is -2.33. The van der Waals surface area contributed by atoms with E-state index in [0.717, 1.165) is 0 Å². The van der Waals surface area contributed by atoms with Crippen LogP contribution in [0.2, 0.25) is 0 Å². The van der Waals surface area contributed by atoms with Crippen LogP contribution < -0.4 is 0 Å². The van der Waals surface area contributed by atoms with E-state index in [1.807, 2.05) is 45.1 Å². The van der Waals surface area contributed by atoms with E-state index in [0.29, 0.717) is 6.42 Å². The van der Waals surface area contributed by atoms with Gasteiger partial charge in [0.15, 0.2) is 0 Å². The van der Waals surface area contributed by atoms with Gasteiger partial charge >= 0.3 is 7.60 Å². The van der Waals surface area contributed by atoms with Crippen LogP contribution in [0.15, 0.2) is 24.3 Å². The van der Waals surface area contributed by atoms with Crippen molar-refractivity contribution in [3.8, 4) is 0 Å². The predicted molar refractivity (Wildman–Crippen MR) is 61.9 cm³/mol. The summed E-state index contributed by atoms with van der Waals surface area (Å²) >= 11 is 0. The van der Waals surface area contributed by atoms with Gasteiger partial charge in [0.1, 0.15) is 0 Å². The molecule has 0 aliphatic heterocycles. The second kappa shape index (κ2) is 4.65. The zero-order valence-electron chi connectivity index (χ0n) is 9.51. The van der Waals surface area contributed by atoms with Crippen molar-refractivity contribution in [3.63, 3.8) is 0 Å². The van der Waals surface area contributed by atoms with Crippen molar-refractivity contribution < 1.29 is 14.0 Å². The molecule has 0 saturated carbocycles. The Morgan fingerprint density at radius 3 is 2.73 bits per heavy atom. The van der Waals surface area contributed by atoms with E-state index >= 15 is 0 Å². The Labute approximate surface area is 91.4 Å². The maximum Gasteiger partial charge on any atom is 0.328 e. The standard InChI is InChI=1S/C11H19O3P/c1-4-9-15(12,13)14-11(3)8-6-5-7-10(11)2/h5-8,10H,4,9H2,1-3H3,(H,12,13). The summed E-state index contributed by atoms with van der Waals surface area (Å²) in [5.74, 6) is 0.111. The molecule has 1 N–H and O–H groups in total. The normalized spacial score (nSPS) is 34.0. The van der Waals surface area contributed by atoms with Crippen molar-refractivity contribution in [1.82, 2.24) is 0 Å². The fourth-order valence-electron chi connectivity index (χ4n) is 1.57. The Hall–Kier alpha value is -0.370. The van der Waals surface area contributed by atoms with E-state index in [-0.39, 0.29) is 12.1 Å². The second-order valence-corrected chi connectivity index (χ2v) is 6.07. The molecule has 0 fully saturated rings. The Balaban J connectivity index is 2.76. The Kier molecular flexibility index (Phi) is 3.93. The summed E-state index contributed by atoms with van der Waals surface area (Å²) in [6.07, 6.45) is 8.47. The first-order chi connectivity index (χ1) is 6.90. The van der Waals surface area contributed by atoms with Gasteiger partial charge in [0.2, 0.25) is 0 Å². The summed E-state index contributed by atoms with van der Waals surface area (Å²) in [4.78, 5) is 9.63. The highest BCUT2D eigenvalue weighted by molar-refractivity contribution is 7.52. The molecule has 0 bridgehead atoms. The quantitative estimate of drug-likeness (QED) is 0.755.